The first-order valence-corrected chi connectivity index (χ1v) is 5.22. The van der Waals surface area contributed by atoms with E-state index >= 15 is 0 Å². The third-order valence-corrected chi connectivity index (χ3v) is 2.86. The molecular weight excluding hydrogens is 216 g/mol. The Morgan fingerprint density at radius 2 is 2.31 bits per heavy atom. The highest BCUT2D eigenvalue weighted by atomic mass is 16.7. The molecular formula is C10H16O6. The molecule has 6 nitrogen and oxygen atoms in total. The van der Waals surface area contributed by atoms with Crippen molar-refractivity contribution in [3.63, 3.8) is 0 Å². The second-order valence-corrected chi connectivity index (χ2v) is 4.22. The van der Waals surface area contributed by atoms with Crippen LogP contribution in [0.2, 0.25) is 0 Å². The molecule has 0 spiro atoms. The number of hydrogen-bond acceptors (Lipinski definition) is 6. The van der Waals surface area contributed by atoms with Gasteiger partial charge in [0.25, 0.3) is 0 Å². The lowest BCUT2D eigenvalue weighted by Crippen LogP contribution is -2.52. The molecule has 0 amide bonds. The van der Waals surface area contributed by atoms with Crippen LogP contribution in [0.1, 0.15) is 13.3 Å². The zero-order valence-corrected chi connectivity index (χ0v) is 9.34. The minimum atomic E-state index is -1.04. The van der Waals surface area contributed by atoms with Crippen LogP contribution in [0.3, 0.4) is 0 Å². The smallest absolute Gasteiger partial charge is 0.310 e. The summed E-state index contributed by atoms with van der Waals surface area (Å²) in [5, 5.41) is 9.63. The number of ether oxygens (including phenoxy) is 4. The van der Waals surface area contributed by atoms with E-state index < -0.39 is 24.0 Å². The summed E-state index contributed by atoms with van der Waals surface area (Å²) in [6.45, 7) is 2.22. The maximum Gasteiger partial charge on any atom is 0.310 e. The molecule has 2 aliphatic rings. The summed E-state index contributed by atoms with van der Waals surface area (Å²) >= 11 is 0. The van der Waals surface area contributed by atoms with Crippen molar-refractivity contribution < 1.29 is 28.8 Å². The van der Waals surface area contributed by atoms with Gasteiger partial charge in [-0.25, -0.2) is 0 Å². The summed E-state index contributed by atoms with van der Waals surface area (Å²) in [4.78, 5) is 11.2. The summed E-state index contributed by atoms with van der Waals surface area (Å²) in [5.41, 5.74) is 0. The molecule has 2 rings (SSSR count). The van der Waals surface area contributed by atoms with E-state index in [1.54, 1.807) is 6.92 Å². The number of rotatable bonds is 2. The highest BCUT2D eigenvalue weighted by molar-refractivity contribution is 5.70. The van der Waals surface area contributed by atoms with Gasteiger partial charge in [-0.3, -0.25) is 4.79 Å². The van der Waals surface area contributed by atoms with Crippen LogP contribution >= 0.6 is 0 Å². The second-order valence-electron chi connectivity index (χ2n) is 4.22. The third kappa shape index (κ3) is 2.20. The first kappa shape index (κ1) is 11.8. The SMILES string of the molecule is COC(=O)CC1(C)OCC2OCC(O)C2O1. The minimum absolute atomic E-state index is 0.000556. The predicted molar refractivity (Wildman–Crippen MR) is 51.6 cm³/mol. The van der Waals surface area contributed by atoms with Gasteiger partial charge in [0.05, 0.1) is 26.7 Å². The van der Waals surface area contributed by atoms with Gasteiger partial charge in [-0.2, -0.15) is 0 Å². The predicted octanol–water partition coefficient (Wildman–Crippen LogP) is -0.559. The lowest BCUT2D eigenvalue weighted by atomic mass is 10.1. The largest absolute Gasteiger partial charge is 0.469 e. The van der Waals surface area contributed by atoms with Gasteiger partial charge in [0.15, 0.2) is 5.79 Å². The summed E-state index contributed by atoms with van der Waals surface area (Å²) < 4.78 is 20.9. The van der Waals surface area contributed by atoms with Crippen LogP contribution in [0.5, 0.6) is 0 Å². The average molecular weight is 232 g/mol. The van der Waals surface area contributed by atoms with Gasteiger partial charge in [-0.1, -0.05) is 0 Å². The first-order chi connectivity index (χ1) is 7.54. The summed E-state index contributed by atoms with van der Waals surface area (Å²) in [7, 11) is 1.31. The normalized spacial score (nSPS) is 42.8. The summed E-state index contributed by atoms with van der Waals surface area (Å²) in [6, 6.07) is 0. The molecule has 0 aromatic heterocycles. The Hall–Kier alpha value is -0.690. The Morgan fingerprint density at radius 1 is 1.56 bits per heavy atom. The molecule has 0 aromatic carbocycles. The first-order valence-electron chi connectivity index (χ1n) is 5.22. The Labute approximate surface area is 93.4 Å². The van der Waals surface area contributed by atoms with Gasteiger partial charge in [0, 0.05) is 0 Å². The molecule has 2 fully saturated rings. The second kappa shape index (κ2) is 4.29. The molecule has 92 valence electrons. The van der Waals surface area contributed by atoms with Crippen LogP contribution in [0.4, 0.5) is 0 Å². The van der Waals surface area contributed by atoms with Crippen LogP contribution in [0.15, 0.2) is 0 Å². The monoisotopic (exact) mass is 232 g/mol. The van der Waals surface area contributed by atoms with E-state index in [1.807, 2.05) is 0 Å². The van der Waals surface area contributed by atoms with E-state index in [2.05, 4.69) is 4.74 Å². The number of hydrogen-bond donors (Lipinski definition) is 1. The quantitative estimate of drug-likeness (QED) is 0.643. The maximum atomic E-state index is 11.2. The van der Waals surface area contributed by atoms with Crippen LogP contribution in [-0.4, -0.2) is 55.5 Å². The third-order valence-electron chi connectivity index (χ3n) is 2.86. The maximum absolute atomic E-state index is 11.2. The number of aliphatic hydroxyl groups is 1. The molecule has 4 atom stereocenters. The molecule has 16 heavy (non-hydrogen) atoms. The lowest BCUT2D eigenvalue weighted by Gasteiger charge is -2.39. The van der Waals surface area contributed by atoms with Crippen molar-refractivity contribution in [1.29, 1.82) is 0 Å². The number of fused-ring (bicyclic) bond motifs is 1. The fraction of sp³-hybridized carbons (Fsp3) is 0.900. The number of aliphatic hydroxyl groups excluding tert-OH is 1. The molecule has 0 radical (unpaired) electrons. The van der Waals surface area contributed by atoms with Gasteiger partial charge in [-0.15, -0.1) is 0 Å². The van der Waals surface area contributed by atoms with Crippen LogP contribution in [-0.2, 0) is 23.7 Å². The standard InChI is InChI=1S/C10H16O6/c1-10(3-8(12)13-2)15-5-7-9(16-10)6(11)4-14-7/h6-7,9,11H,3-5H2,1-2H3. The fourth-order valence-corrected chi connectivity index (χ4v) is 1.96. The molecule has 2 saturated heterocycles. The van der Waals surface area contributed by atoms with Crippen molar-refractivity contribution in [2.24, 2.45) is 0 Å². The van der Waals surface area contributed by atoms with Crippen molar-refractivity contribution in [3.8, 4) is 0 Å². The van der Waals surface area contributed by atoms with E-state index in [9.17, 15) is 9.90 Å². The molecule has 6 heteroatoms. The average Bonchev–Trinajstić information content (AvgIpc) is 2.59. The minimum Gasteiger partial charge on any atom is -0.469 e. The summed E-state index contributed by atoms with van der Waals surface area (Å²) in [5.74, 6) is -1.45. The molecule has 0 aliphatic carbocycles. The number of esters is 1. The van der Waals surface area contributed by atoms with Gasteiger partial charge in [0.1, 0.15) is 18.3 Å². The number of methoxy groups -OCH3 is 1. The van der Waals surface area contributed by atoms with E-state index in [0.717, 1.165) is 0 Å². The lowest BCUT2D eigenvalue weighted by molar-refractivity contribution is -0.309. The zero-order valence-electron chi connectivity index (χ0n) is 9.34. The highest BCUT2D eigenvalue weighted by Crippen LogP contribution is 2.32. The Bertz CT molecular complexity index is 280. The zero-order chi connectivity index (χ0) is 11.8. The molecule has 0 aromatic rings. The van der Waals surface area contributed by atoms with Crippen molar-refractivity contribution >= 4 is 5.97 Å². The van der Waals surface area contributed by atoms with Crippen molar-refractivity contribution in [1.82, 2.24) is 0 Å². The summed E-state index contributed by atoms with van der Waals surface area (Å²) in [6.07, 6.45) is -1.34. The topological polar surface area (TPSA) is 74.2 Å². The Balaban J connectivity index is 2.00. The van der Waals surface area contributed by atoms with Crippen molar-refractivity contribution in [2.75, 3.05) is 20.3 Å². The van der Waals surface area contributed by atoms with E-state index in [-0.39, 0.29) is 19.1 Å². The fourth-order valence-electron chi connectivity index (χ4n) is 1.96. The van der Waals surface area contributed by atoms with Gasteiger partial charge >= 0.3 is 5.97 Å². The van der Waals surface area contributed by atoms with Crippen LogP contribution in [0.25, 0.3) is 0 Å². The van der Waals surface area contributed by atoms with E-state index in [4.69, 9.17) is 14.2 Å². The Morgan fingerprint density at radius 3 is 3.00 bits per heavy atom. The molecule has 0 saturated carbocycles. The highest BCUT2D eigenvalue weighted by Gasteiger charge is 2.48. The molecule has 1 N–H and O–H groups in total. The molecule has 4 unspecified atom stereocenters. The number of carbonyl (C=O) groups is 1. The number of carbonyl (C=O) groups excluding carboxylic acids is 1. The molecule has 2 heterocycles. The van der Waals surface area contributed by atoms with E-state index in [0.29, 0.717) is 6.61 Å². The molecule has 0 bridgehead atoms. The van der Waals surface area contributed by atoms with Crippen molar-refractivity contribution in [2.45, 2.75) is 37.4 Å². The van der Waals surface area contributed by atoms with Crippen molar-refractivity contribution in [3.05, 3.63) is 0 Å². The Kier molecular flexibility index (Phi) is 3.16. The van der Waals surface area contributed by atoms with Gasteiger partial charge < -0.3 is 24.1 Å². The van der Waals surface area contributed by atoms with E-state index in [1.165, 1.54) is 7.11 Å². The van der Waals surface area contributed by atoms with Crippen LogP contribution < -0.4 is 0 Å². The van der Waals surface area contributed by atoms with Gasteiger partial charge in [-0.05, 0) is 6.92 Å². The molecule has 2 aliphatic heterocycles. The van der Waals surface area contributed by atoms with Crippen LogP contribution in [0, 0.1) is 0 Å². The van der Waals surface area contributed by atoms with Gasteiger partial charge in [0.2, 0.25) is 0 Å².